The van der Waals surface area contributed by atoms with Crippen LogP contribution in [0, 0.1) is 0 Å². The molecule has 1 saturated heterocycles. The van der Waals surface area contributed by atoms with E-state index < -0.39 is 0 Å². The third-order valence-corrected chi connectivity index (χ3v) is 5.70. The van der Waals surface area contributed by atoms with Gasteiger partial charge in [0.15, 0.2) is 11.3 Å². The molecule has 1 aliphatic heterocycles. The highest BCUT2D eigenvalue weighted by atomic mass is 16.5. The molecule has 0 spiro atoms. The van der Waals surface area contributed by atoms with E-state index in [0.29, 0.717) is 67.8 Å². The lowest BCUT2D eigenvalue weighted by Crippen LogP contribution is -2.48. The molecular weight excluding hydrogens is 426 g/mol. The number of hydrogen-bond acceptors (Lipinski definition) is 10. The summed E-state index contributed by atoms with van der Waals surface area (Å²) in [4.78, 5) is 25.9. The number of hydrogen-bond donors (Lipinski definition) is 1. The molecule has 0 radical (unpaired) electrons. The molecule has 1 fully saturated rings. The zero-order valence-electron chi connectivity index (χ0n) is 19.0. The minimum atomic E-state index is -0.346. The molecule has 0 aromatic carbocycles. The maximum absolute atomic E-state index is 13.0. The van der Waals surface area contributed by atoms with Crippen molar-refractivity contribution in [3.8, 4) is 17.1 Å². The number of pyridine rings is 1. The number of anilines is 1. The van der Waals surface area contributed by atoms with Crippen molar-refractivity contribution in [2.45, 2.75) is 13.5 Å². The van der Waals surface area contributed by atoms with Crippen LogP contribution in [0.2, 0.25) is 0 Å². The second-order valence-corrected chi connectivity index (χ2v) is 7.67. The summed E-state index contributed by atoms with van der Waals surface area (Å²) in [6.07, 6.45) is 1.67. The Hall–Kier alpha value is -3.15. The van der Waals surface area contributed by atoms with Crippen LogP contribution in [0.5, 0.6) is 5.88 Å². The number of aromatic nitrogens is 5. The fourth-order valence-electron chi connectivity index (χ4n) is 3.91. The molecule has 0 bridgehead atoms. The molecule has 1 N–H and O–H groups in total. The molecule has 0 aliphatic carbocycles. The third-order valence-electron chi connectivity index (χ3n) is 5.70. The third kappa shape index (κ3) is 5.10. The number of piperazine rings is 1. The normalized spacial score (nSPS) is 14.7. The number of fused-ring (bicyclic) bond motifs is 1. The molecule has 0 unspecified atom stereocenters. The maximum atomic E-state index is 13.0. The second kappa shape index (κ2) is 10.6. The van der Waals surface area contributed by atoms with Gasteiger partial charge in [0.25, 0.3) is 0 Å². The Morgan fingerprint density at radius 1 is 1.12 bits per heavy atom. The average molecular weight is 456 g/mol. The minimum absolute atomic E-state index is 0.130. The number of ether oxygens (including phenoxy) is 2. The minimum Gasteiger partial charge on any atom is -0.481 e. The Labute approximate surface area is 191 Å². The average Bonchev–Trinajstić information content (AvgIpc) is 2.85. The molecule has 176 valence electrons. The van der Waals surface area contributed by atoms with Crippen molar-refractivity contribution in [1.29, 1.82) is 0 Å². The topological polar surface area (TPSA) is 119 Å². The SMILES string of the molecule is CCOCCn1c(=O)nc(N2CCN(CCO)CC2)c2nnc(-c3ccc(OC)nc3)cc21. The first-order valence-corrected chi connectivity index (χ1v) is 11.1. The van der Waals surface area contributed by atoms with Crippen molar-refractivity contribution in [3.63, 3.8) is 0 Å². The van der Waals surface area contributed by atoms with Gasteiger partial charge in [-0.25, -0.2) is 9.78 Å². The van der Waals surface area contributed by atoms with Gasteiger partial charge >= 0.3 is 5.69 Å². The van der Waals surface area contributed by atoms with Gasteiger partial charge in [0.2, 0.25) is 5.88 Å². The molecule has 11 heteroatoms. The van der Waals surface area contributed by atoms with Crippen LogP contribution in [0.4, 0.5) is 5.82 Å². The van der Waals surface area contributed by atoms with Crippen LogP contribution < -0.4 is 15.3 Å². The van der Waals surface area contributed by atoms with E-state index in [0.717, 1.165) is 18.7 Å². The Bertz CT molecular complexity index is 1130. The lowest BCUT2D eigenvalue weighted by molar-refractivity contribution is 0.139. The van der Waals surface area contributed by atoms with E-state index in [1.54, 1.807) is 23.9 Å². The van der Waals surface area contributed by atoms with E-state index in [1.807, 2.05) is 19.1 Å². The zero-order valence-corrected chi connectivity index (χ0v) is 19.0. The van der Waals surface area contributed by atoms with Gasteiger partial charge in [-0.1, -0.05) is 0 Å². The van der Waals surface area contributed by atoms with Gasteiger partial charge in [0.1, 0.15) is 0 Å². The van der Waals surface area contributed by atoms with Gasteiger partial charge in [-0.15, -0.1) is 10.2 Å². The van der Waals surface area contributed by atoms with Crippen LogP contribution in [-0.4, -0.2) is 94.4 Å². The fourth-order valence-corrected chi connectivity index (χ4v) is 3.91. The molecule has 0 atom stereocenters. The van der Waals surface area contributed by atoms with Crippen LogP contribution in [0.1, 0.15) is 6.92 Å². The lowest BCUT2D eigenvalue weighted by atomic mass is 10.2. The maximum Gasteiger partial charge on any atom is 0.350 e. The molecular formula is C22H29N7O4. The summed E-state index contributed by atoms with van der Waals surface area (Å²) in [6, 6.07) is 5.46. The number of aliphatic hydroxyl groups is 1. The Morgan fingerprint density at radius 3 is 2.61 bits per heavy atom. The number of rotatable bonds is 9. The van der Waals surface area contributed by atoms with Crippen LogP contribution in [0.25, 0.3) is 22.3 Å². The molecule has 3 aromatic rings. The van der Waals surface area contributed by atoms with Crippen molar-refractivity contribution in [2.24, 2.45) is 0 Å². The van der Waals surface area contributed by atoms with Crippen molar-refractivity contribution in [3.05, 3.63) is 34.9 Å². The van der Waals surface area contributed by atoms with Gasteiger partial charge in [0, 0.05) is 57.2 Å². The number of nitrogens with zero attached hydrogens (tertiary/aromatic N) is 7. The molecule has 4 heterocycles. The highest BCUT2D eigenvalue weighted by molar-refractivity contribution is 5.87. The summed E-state index contributed by atoms with van der Waals surface area (Å²) in [7, 11) is 1.56. The summed E-state index contributed by atoms with van der Waals surface area (Å²) < 4.78 is 12.2. The Kier molecular flexibility index (Phi) is 7.43. The van der Waals surface area contributed by atoms with Crippen molar-refractivity contribution < 1.29 is 14.6 Å². The van der Waals surface area contributed by atoms with Gasteiger partial charge in [-0.2, -0.15) is 4.98 Å². The molecule has 1 aliphatic rings. The number of aliphatic hydroxyl groups excluding tert-OH is 1. The predicted molar refractivity (Wildman–Crippen MR) is 124 cm³/mol. The van der Waals surface area contributed by atoms with E-state index in [-0.39, 0.29) is 12.3 Å². The highest BCUT2D eigenvalue weighted by Gasteiger charge is 2.23. The first-order chi connectivity index (χ1) is 16.1. The van der Waals surface area contributed by atoms with Crippen molar-refractivity contribution in [2.75, 3.05) is 64.6 Å². The summed E-state index contributed by atoms with van der Waals surface area (Å²) in [5, 5.41) is 18.1. The van der Waals surface area contributed by atoms with Crippen LogP contribution in [0.15, 0.2) is 29.2 Å². The second-order valence-electron chi connectivity index (χ2n) is 7.67. The van der Waals surface area contributed by atoms with Gasteiger partial charge in [0.05, 0.1) is 38.1 Å². The molecule has 33 heavy (non-hydrogen) atoms. The van der Waals surface area contributed by atoms with E-state index in [2.05, 4.69) is 30.0 Å². The van der Waals surface area contributed by atoms with Gasteiger partial charge in [-0.05, 0) is 19.1 Å². The zero-order chi connectivity index (χ0) is 23.2. The molecule has 11 nitrogen and oxygen atoms in total. The quantitative estimate of drug-likeness (QED) is 0.454. The van der Waals surface area contributed by atoms with Crippen LogP contribution in [0.3, 0.4) is 0 Å². The number of β-amino-alcohol motifs (C(OH)–C–C–N with tert-alkyl or cyclic N) is 1. The molecule has 0 saturated carbocycles. The van der Waals surface area contributed by atoms with Crippen LogP contribution >= 0.6 is 0 Å². The molecule has 4 rings (SSSR count). The first kappa shape index (κ1) is 23.0. The number of methoxy groups -OCH3 is 1. The molecule has 3 aromatic heterocycles. The van der Waals surface area contributed by atoms with E-state index >= 15 is 0 Å². The van der Waals surface area contributed by atoms with Gasteiger partial charge in [-0.3, -0.25) is 9.47 Å². The standard InChI is InChI=1S/C22H29N7O4/c1-3-33-13-11-29-18-14-17(16-4-5-19(32-2)23-15-16)25-26-20(18)21(24-22(29)31)28-8-6-27(7-9-28)10-12-30/h4-5,14-15,30H,3,6-13H2,1-2H3. The van der Waals surface area contributed by atoms with Crippen LogP contribution in [-0.2, 0) is 11.3 Å². The first-order valence-electron chi connectivity index (χ1n) is 11.1. The summed E-state index contributed by atoms with van der Waals surface area (Å²) in [5.74, 6) is 1.05. The summed E-state index contributed by atoms with van der Waals surface area (Å²) in [5.41, 5.74) is 2.26. The Balaban J connectivity index is 1.75. The Morgan fingerprint density at radius 2 is 1.94 bits per heavy atom. The highest BCUT2D eigenvalue weighted by Crippen LogP contribution is 2.26. The molecule has 0 amide bonds. The van der Waals surface area contributed by atoms with Crippen molar-refractivity contribution in [1.82, 2.24) is 29.6 Å². The predicted octanol–water partition coefficient (Wildman–Crippen LogP) is 0.408. The van der Waals surface area contributed by atoms with Gasteiger partial charge < -0.3 is 19.5 Å². The van der Waals surface area contributed by atoms with E-state index in [1.165, 1.54) is 0 Å². The summed E-state index contributed by atoms with van der Waals surface area (Å²) in [6.45, 7) is 6.96. The monoisotopic (exact) mass is 455 g/mol. The lowest BCUT2D eigenvalue weighted by Gasteiger charge is -2.35. The fraction of sp³-hybridized carbons (Fsp3) is 0.500. The van der Waals surface area contributed by atoms with Crippen molar-refractivity contribution >= 4 is 16.9 Å². The van der Waals surface area contributed by atoms with E-state index in [9.17, 15) is 9.90 Å². The largest absolute Gasteiger partial charge is 0.481 e. The smallest absolute Gasteiger partial charge is 0.350 e. The van der Waals surface area contributed by atoms with E-state index in [4.69, 9.17) is 9.47 Å². The summed E-state index contributed by atoms with van der Waals surface area (Å²) >= 11 is 0.